The van der Waals surface area contributed by atoms with Crippen molar-refractivity contribution in [2.45, 2.75) is 44.2 Å². The van der Waals surface area contributed by atoms with Gasteiger partial charge in [0.2, 0.25) is 0 Å². The Hall–Kier alpha value is -0.970. The number of benzene rings is 1. The summed E-state index contributed by atoms with van der Waals surface area (Å²) < 4.78 is 5.56. The van der Waals surface area contributed by atoms with Gasteiger partial charge in [0.15, 0.2) is 11.4 Å². The van der Waals surface area contributed by atoms with E-state index in [0.717, 1.165) is 33.3 Å². The van der Waals surface area contributed by atoms with Gasteiger partial charge in [-0.05, 0) is 63.7 Å². The molecule has 6 heteroatoms. The van der Waals surface area contributed by atoms with E-state index in [0.29, 0.717) is 11.6 Å². The van der Waals surface area contributed by atoms with Gasteiger partial charge in [0.1, 0.15) is 0 Å². The van der Waals surface area contributed by atoms with Crippen LogP contribution in [0.25, 0.3) is 11.0 Å². The molecule has 4 nitrogen and oxygen atoms in total. The molecular formula is C17H21Cl2N3O. The predicted molar refractivity (Wildman–Crippen MR) is 94.7 cm³/mol. The lowest BCUT2D eigenvalue weighted by molar-refractivity contribution is 0.0202. The summed E-state index contributed by atoms with van der Waals surface area (Å²) in [4.78, 5) is 2.70. The molecule has 2 aromatic rings. The minimum absolute atomic E-state index is 0. The highest BCUT2D eigenvalue weighted by Gasteiger charge is 2.60. The Bertz CT molecular complexity index is 748. The van der Waals surface area contributed by atoms with E-state index < -0.39 is 0 Å². The third-order valence-electron chi connectivity index (χ3n) is 6.10. The van der Waals surface area contributed by atoms with Crippen LogP contribution in [-0.2, 0) is 0 Å². The zero-order valence-electron chi connectivity index (χ0n) is 13.1. The maximum absolute atomic E-state index is 6.18. The van der Waals surface area contributed by atoms with Crippen molar-refractivity contribution >= 4 is 40.8 Å². The Morgan fingerprint density at radius 2 is 2.04 bits per heavy atom. The Labute approximate surface area is 146 Å². The molecule has 1 spiro atoms. The van der Waals surface area contributed by atoms with Gasteiger partial charge in [-0.2, -0.15) is 0 Å². The lowest BCUT2D eigenvalue weighted by Gasteiger charge is -2.52. The van der Waals surface area contributed by atoms with Crippen molar-refractivity contribution in [3.8, 4) is 0 Å². The fraction of sp³-hybridized carbons (Fsp3) is 0.588. The van der Waals surface area contributed by atoms with Crippen molar-refractivity contribution in [1.29, 1.82) is 0 Å². The van der Waals surface area contributed by atoms with Crippen molar-refractivity contribution in [3.05, 3.63) is 22.7 Å². The van der Waals surface area contributed by atoms with E-state index in [-0.39, 0.29) is 12.4 Å². The molecule has 124 valence electrons. The molecule has 0 unspecified atom stereocenters. The van der Waals surface area contributed by atoms with Crippen molar-refractivity contribution in [3.63, 3.8) is 0 Å². The minimum Gasteiger partial charge on any atom is -0.362 e. The predicted octanol–water partition coefficient (Wildman–Crippen LogP) is 4.25. The van der Waals surface area contributed by atoms with Crippen LogP contribution in [0.2, 0.25) is 5.02 Å². The molecule has 1 aliphatic carbocycles. The molecule has 1 saturated carbocycles. The summed E-state index contributed by atoms with van der Waals surface area (Å²) in [5, 5.41) is 9.83. The maximum Gasteiger partial charge on any atom is 0.177 e. The summed E-state index contributed by atoms with van der Waals surface area (Å²) in [5.41, 5.74) is 2.17. The van der Waals surface area contributed by atoms with E-state index in [1.807, 2.05) is 19.1 Å². The van der Waals surface area contributed by atoms with Crippen LogP contribution >= 0.6 is 24.0 Å². The second-order valence-electron chi connectivity index (χ2n) is 7.13. The number of aromatic nitrogens is 1. The fourth-order valence-electron chi connectivity index (χ4n) is 4.68. The van der Waals surface area contributed by atoms with Crippen LogP contribution in [0.5, 0.6) is 0 Å². The van der Waals surface area contributed by atoms with Gasteiger partial charge in [-0.15, -0.1) is 12.4 Å². The van der Waals surface area contributed by atoms with Crippen LogP contribution in [-0.4, -0.2) is 34.7 Å². The van der Waals surface area contributed by atoms with Gasteiger partial charge in [0.25, 0.3) is 0 Å². The molecule has 0 radical (unpaired) electrons. The van der Waals surface area contributed by atoms with Gasteiger partial charge in [-0.25, -0.2) is 0 Å². The molecule has 4 aliphatic rings. The average molecular weight is 354 g/mol. The Balaban J connectivity index is 0.00000135. The second kappa shape index (κ2) is 5.27. The van der Waals surface area contributed by atoms with Crippen LogP contribution in [0.3, 0.4) is 0 Å². The molecule has 23 heavy (non-hydrogen) atoms. The van der Waals surface area contributed by atoms with Crippen molar-refractivity contribution in [2.75, 3.05) is 18.4 Å². The summed E-state index contributed by atoms with van der Waals surface area (Å²) in [6.07, 6.45) is 5.25. The number of nitrogens with one attached hydrogen (secondary N) is 1. The van der Waals surface area contributed by atoms with E-state index >= 15 is 0 Å². The first-order valence-corrected chi connectivity index (χ1v) is 8.63. The molecule has 1 aromatic heterocycles. The Morgan fingerprint density at radius 3 is 2.74 bits per heavy atom. The highest BCUT2D eigenvalue weighted by Crippen LogP contribution is 2.54. The van der Waals surface area contributed by atoms with Gasteiger partial charge >= 0.3 is 0 Å². The van der Waals surface area contributed by atoms with Gasteiger partial charge in [-0.1, -0.05) is 16.8 Å². The molecular weight excluding hydrogens is 333 g/mol. The number of hydrogen-bond donors (Lipinski definition) is 1. The number of fused-ring (bicyclic) bond motifs is 3. The van der Waals surface area contributed by atoms with E-state index in [1.165, 1.54) is 38.8 Å². The van der Waals surface area contributed by atoms with Gasteiger partial charge in [-0.3, -0.25) is 4.90 Å². The fourth-order valence-corrected chi connectivity index (χ4v) is 4.83. The minimum atomic E-state index is 0. The molecule has 4 heterocycles. The normalized spacial score (nSPS) is 30.4. The summed E-state index contributed by atoms with van der Waals surface area (Å²) >= 11 is 6.18. The van der Waals surface area contributed by atoms with Crippen LogP contribution in [0.1, 0.15) is 31.2 Å². The number of piperidine rings is 3. The second-order valence-corrected chi connectivity index (χ2v) is 7.54. The van der Waals surface area contributed by atoms with Crippen molar-refractivity contribution in [2.24, 2.45) is 5.92 Å². The molecule has 1 aromatic carbocycles. The molecule has 4 fully saturated rings. The van der Waals surface area contributed by atoms with Gasteiger partial charge < -0.3 is 9.84 Å². The van der Waals surface area contributed by atoms with E-state index in [2.05, 4.69) is 15.4 Å². The third kappa shape index (κ3) is 2.11. The number of aryl methyl sites for hydroxylation is 1. The van der Waals surface area contributed by atoms with Gasteiger partial charge in [0, 0.05) is 22.2 Å². The summed E-state index contributed by atoms with van der Waals surface area (Å²) in [6, 6.07) is 4.47. The Kier molecular flexibility index (Phi) is 3.56. The van der Waals surface area contributed by atoms with Crippen LogP contribution in [0.4, 0.5) is 5.82 Å². The molecule has 6 rings (SSSR count). The zero-order chi connectivity index (χ0) is 14.9. The summed E-state index contributed by atoms with van der Waals surface area (Å²) in [5.74, 6) is 1.66. The number of hydrogen-bond acceptors (Lipinski definition) is 4. The highest BCUT2D eigenvalue weighted by molar-refractivity contribution is 6.32. The van der Waals surface area contributed by atoms with Crippen LogP contribution < -0.4 is 5.32 Å². The Morgan fingerprint density at radius 1 is 1.30 bits per heavy atom. The number of halogens is 2. The van der Waals surface area contributed by atoms with Crippen molar-refractivity contribution < 1.29 is 4.52 Å². The zero-order valence-corrected chi connectivity index (χ0v) is 14.7. The SMILES string of the molecule is Cc1c(Cl)ccc2c(N[C@@H]3C4CCN(CC4)C34CC4)noc12.Cl. The topological polar surface area (TPSA) is 41.3 Å². The molecule has 1 atom stereocenters. The standard InChI is InChI=1S/C17H20ClN3O.ClH/c1-10-13(18)3-2-12-14(10)22-20-16(12)19-15-11-4-8-21(9-5-11)17(15)6-7-17;/h2-3,11,15H,4-9H2,1H3,(H,19,20);1H/t15-;/m1./s1. The summed E-state index contributed by atoms with van der Waals surface area (Å²) in [7, 11) is 0. The third-order valence-corrected chi connectivity index (χ3v) is 6.51. The largest absolute Gasteiger partial charge is 0.362 e. The molecule has 3 saturated heterocycles. The first kappa shape index (κ1) is 15.6. The maximum atomic E-state index is 6.18. The summed E-state index contributed by atoms with van der Waals surface area (Å²) in [6.45, 7) is 4.53. The lowest BCUT2D eigenvalue weighted by Crippen LogP contribution is -2.62. The number of rotatable bonds is 2. The molecule has 2 bridgehead atoms. The van der Waals surface area contributed by atoms with Crippen LogP contribution in [0.15, 0.2) is 16.7 Å². The van der Waals surface area contributed by atoms with Gasteiger partial charge in [0.05, 0.1) is 5.39 Å². The molecule has 3 aliphatic heterocycles. The van der Waals surface area contributed by atoms with E-state index in [9.17, 15) is 0 Å². The molecule has 1 N–H and O–H groups in total. The quantitative estimate of drug-likeness (QED) is 0.875. The average Bonchev–Trinajstić information content (AvgIpc) is 3.21. The first-order chi connectivity index (χ1) is 10.7. The van der Waals surface area contributed by atoms with Crippen molar-refractivity contribution in [1.82, 2.24) is 10.1 Å². The first-order valence-electron chi connectivity index (χ1n) is 8.25. The monoisotopic (exact) mass is 353 g/mol. The van der Waals surface area contributed by atoms with E-state index in [1.54, 1.807) is 0 Å². The van der Waals surface area contributed by atoms with Crippen LogP contribution in [0, 0.1) is 12.8 Å². The number of anilines is 1. The smallest absolute Gasteiger partial charge is 0.177 e. The lowest BCUT2D eigenvalue weighted by atomic mass is 9.77. The van der Waals surface area contributed by atoms with E-state index in [4.69, 9.17) is 16.1 Å². The number of nitrogens with zero attached hydrogens (tertiary/aromatic N) is 2. The highest BCUT2D eigenvalue weighted by atomic mass is 35.5. The molecule has 0 amide bonds.